The van der Waals surface area contributed by atoms with Gasteiger partial charge in [0, 0.05) is 11.8 Å². The lowest BCUT2D eigenvalue weighted by molar-refractivity contribution is -0.136. The molecule has 2 N–H and O–H groups in total. The summed E-state index contributed by atoms with van der Waals surface area (Å²) >= 11 is 0. The van der Waals surface area contributed by atoms with E-state index in [4.69, 9.17) is 0 Å². The third kappa shape index (κ3) is 4.23. The molecule has 2 aromatic carbocycles. The number of anilines is 4. The van der Waals surface area contributed by atoms with Gasteiger partial charge in [-0.15, -0.1) is 0 Å². The van der Waals surface area contributed by atoms with Crippen molar-refractivity contribution in [3.63, 3.8) is 0 Å². The molecule has 0 fully saturated rings. The van der Waals surface area contributed by atoms with Crippen LogP contribution in [0.15, 0.2) is 60.9 Å². The molecule has 25 heavy (non-hydrogen) atoms. The lowest BCUT2D eigenvalue weighted by atomic mass is 10.1. The second-order valence-electron chi connectivity index (χ2n) is 5.09. The summed E-state index contributed by atoms with van der Waals surface area (Å²) in [6.45, 7) is 0. The number of aromatic nitrogens is 2. The molecular formula is C17H12F4N4. The standard InChI is InChI=1S/C17H12F4N4/c18-11-4-3-5-12(8-11)24-15-9-16(23-10-22-15)25-14-7-2-1-6-13(14)17(19,20)21/h1-10H,(H2,22,23,24,25). The van der Waals surface area contributed by atoms with Crippen LogP contribution in [0.3, 0.4) is 0 Å². The fraction of sp³-hybridized carbons (Fsp3) is 0.0588. The van der Waals surface area contributed by atoms with Crippen molar-refractivity contribution in [2.75, 3.05) is 10.6 Å². The van der Waals surface area contributed by atoms with Crippen LogP contribution in [-0.2, 0) is 6.18 Å². The Kier molecular flexibility index (Phi) is 4.51. The lowest BCUT2D eigenvalue weighted by Gasteiger charge is -2.14. The van der Waals surface area contributed by atoms with Gasteiger partial charge in [-0.25, -0.2) is 14.4 Å². The molecular weight excluding hydrogens is 336 g/mol. The first-order valence-electron chi connectivity index (χ1n) is 7.20. The van der Waals surface area contributed by atoms with E-state index in [1.165, 1.54) is 48.8 Å². The zero-order valence-corrected chi connectivity index (χ0v) is 12.7. The largest absolute Gasteiger partial charge is 0.418 e. The summed E-state index contributed by atoms with van der Waals surface area (Å²) in [5.74, 6) is 0.0645. The summed E-state index contributed by atoms with van der Waals surface area (Å²) in [7, 11) is 0. The average molecular weight is 348 g/mol. The van der Waals surface area contributed by atoms with Crippen molar-refractivity contribution < 1.29 is 17.6 Å². The normalized spacial score (nSPS) is 11.2. The van der Waals surface area contributed by atoms with Crippen molar-refractivity contribution in [2.24, 2.45) is 0 Å². The van der Waals surface area contributed by atoms with Gasteiger partial charge in [-0.3, -0.25) is 0 Å². The van der Waals surface area contributed by atoms with E-state index in [0.717, 1.165) is 6.07 Å². The molecule has 128 valence electrons. The van der Waals surface area contributed by atoms with E-state index < -0.39 is 17.6 Å². The van der Waals surface area contributed by atoms with Crippen molar-refractivity contribution in [1.82, 2.24) is 9.97 Å². The van der Waals surface area contributed by atoms with Gasteiger partial charge in [0.15, 0.2) is 0 Å². The van der Waals surface area contributed by atoms with E-state index in [1.807, 2.05) is 0 Å². The summed E-state index contributed by atoms with van der Waals surface area (Å²) < 4.78 is 52.3. The maximum absolute atomic E-state index is 13.2. The van der Waals surface area contributed by atoms with Crippen LogP contribution in [0, 0.1) is 5.82 Å². The summed E-state index contributed by atoms with van der Waals surface area (Å²) in [6, 6.07) is 12.3. The highest BCUT2D eigenvalue weighted by Gasteiger charge is 2.33. The number of hydrogen-bond donors (Lipinski definition) is 2. The highest BCUT2D eigenvalue weighted by atomic mass is 19.4. The van der Waals surface area contributed by atoms with Gasteiger partial charge in [0.25, 0.3) is 0 Å². The van der Waals surface area contributed by atoms with Gasteiger partial charge >= 0.3 is 6.18 Å². The van der Waals surface area contributed by atoms with Crippen LogP contribution in [-0.4, -0.2) is 9.97 Å². The Labute approximate surface area is 140 Å². The number of hydrogen-bond acceptors (Lipinski definition) is 4. The van der Waals surface area contributed by atoms with E-state index >= 15 is 0 Å². The van der Waals surface area contributed by atoms with E-state index in [1.54, 1.807) is 6.07 Å². The van der Waals surface area contributed by atoms with E-state index in [2.05, 4.69) is 20.6 Å². The minimum Gasteiger partial charge on any atom is -0.340 e. The van der Waals surface area contributed by atoms with Gasteiger partial charge in [-0.05, 0) is 30.3 Å². The molecule has 1 heterocycles. The van der Waals surface area contributed by atoms with Crippen LogP contribution < -0.4 is 10.6 Å². The molecule has 0 saturated heterocycles. The second kappa shape index (κ2) is 6.76. The minimum absolute atomic E-state index is 0.120. The number of para-hydroxylation sites is 1. The van der Waals surface area contributed by atoms with Gasteiger partial charge in [-0.1, -0.05) is 18.2 Å². The number of halogens is 4. The Hall–Kier alpha value is -3.16. The predicted molar refractivity (Wildman–Crippen MR) is 86.4 cm³/mol. The molecule has 0 aliphatic rings. The zero-order chi connectivity index (χ0) is 17.9. The topological polar surface area (TPSA) is 49.8 Å². The highest BCUT2D eigenvalue weighted by Crippen LogP contribution is 2.35. The molecule has 0 spiro atoms. The number of nitrogens with one attached hydrogen (secondary N) is 2. The lowest BCUT2D eigenvalue weighted by Crippen LogP contribution is -2.09. The van der Waals surface area contributed by atoms with Crippen molar-refractivity contribution in [2.45, 2.75) is 6.18 Å². The molecule has 0 saturated carbocycles. The number of nitrogens with zero attached hydrogens (tertiary/aromatic N) is 2. The average Bonchev–Trinajstić information content (AvgIpc) is 2.55. The fourth-order valence-corrected chi connectivity index (χ4v) is 2.19. The molecule has 0 unspecified atom stereocenters. The van der Waals surface area contributed by atoms with E-state index in [9.17, 15) is 17.6 Å². The Morgan fingerprint density at radius 3 is 2.24 bits per heavy atom. The SMILES string of the molecule is Fc1cccc(Nc2cc(Nc3ccccc3C(F)(F)F)ncn2)c1. The van der Waals surface area contributed by atoms with Gasteiger partial charge in [-0.2, -0.15) is 13.2 Å². The summed E-state index contributed by atoms with van der Waals surface area (Å²) in [5, 5.41) is 5.49. The van der Waals surface area contributed by atoms with Crippen LogP contribution in [0.4, 0.5) is 40.6 Å². The molecule has 0 amide bonds. The van der Waals surface area contributed by atoms with Crippen LogP contribution >= 0.6 is 0 Å². The molecule has 3 rings (SSSR count). The molecule has 0 atom stereocenters. The summed E-state index contributed by atoms with van der Waals surface area (Å²) in [4.78, 5) is 7.88. The molecule has 1 aromatic heterocycles. The van der Waals surface area contributed by atoms with E-state index in [0.29, 0.717) is 11.5 Å². The molecule has 8 heteroatoms. The van der Waals surface area contributed by atoms with Crippen LogP contribution in [0.25, 0.3) is 0 Å². The van der Waals surface area contributed by atoms with Crippen molar-refractivity contribution in [1.29, 1.82) is 0 Å². The predicted octanol–water partition coefficient (Wildman–Crippen LogP) is 5.12. The van der Waals surface area contributed by atoms with Crippen molar-refractivity contribution >= 4 is 23.0 Å². The summed E-state index contributed by atoms with van der Waals surface area (Å²) in [6.07, 6.45) is -3.29. The van der Waals surface area contributed by atoms with Crippen molar-refractivity contribution in [3.8, 4) is 0 Å². The molecule has 4 nitrogen and oxygen atoms in total. The van der Waals surface area contributed by atoms with Crippen molar-refractivity contribution in [3.05, 3.63) is 72.3 Å². The smallest absolute Gasteiger partial charge is 0.340 e. The molecule has 0 aliphatic heterocycles. The number of rotatable bonds is 4. The Balaban J connectivity index is 1.83. The fourth-order valence-electron chi connectivity index (χ4n) is 2.19. The summed E-state index contributed by atoms with van der Waals surface area (Å²) in [5.41, 5.74) is -0.459. The van der Waals surface area contributed by atoms with Crippen LogP contribution in [0.2, 0.25) is 0 Å². The molecule has 3 aromatic rings. The first-order valence-corrected chi connectivity index (χ1v) is 7.20. The molecule has 0 aliphatic carbocycles. The molecule has 0 bridgehead atoms. The third-order valence-corrected chi connectivity index (χ3v) is 3.26. The maximum Gasteiger partial charge on any atom is 0.418 e. The zero-order valence-electron chi connectivity index (χ0n) is 12.7. The van der Waals surface area contributed by atoms with Gasteiger partial charge < -0.3 is 10.6 Å². The molecule has 0 radical (unpaired) electrons. The minimum atomic E-state index is -4.49. The van der Waals surface area contributed by atoms with Crippen LogP contribution in [0.5, 0.6) is 0 Å². The first-order chi connectivity index (χ1) is 11.9. The Morgan fingerprint density at radius 1 is 0.800 bits per heavy atom. The van der Waals surface area contributed by atoms with Gasteiger partial charge in [0.2, 0.25) is 0 Å². The maximum atomic E-state index is 13.2. The number of alkyl halides is 3. The second-order valence-corrected chi connectivity index (χ2v) is 5.09. The third-order valence-electron chi connectivity index (χ3n) is 3.26. The van der Waals surface area contributed by atoms with Gasteiger partial charge in [0.1, 0.15) is 23.8 Å². The highest BCUT2D eigenvalue weighted by molar-refractivity contribution is 5.65. The number of benzene rings is 2. The van der Waals surface area contributed by atoms with Crippen LogP contribution in [0.1, 0.15) is 5.56 Å². The Morgan fingerprint density at radius 2 is 1.52 bits per heavy atom. The quantitative estimate of drug-likeness (QED) is 0.643. The Bertz CT molecular complexity index is 880. The van der Waals surface area contributed by atoms with Gasteiger partial charge in [0.05, 0.1) is 11.3 Å². The first kappa shape index (κ1) is 16.7. The van der Waals surface area contributed by atoms with E-state index in [-0.39, 0.29) is 11.5 Å². The monoisotopic (exact) mass is 348 g/mol.